The number of thioether (sulfide) groups is 1. The van der Waals surface area contributed by atoms with Crippen molar-refractivity contribution < 1.29 is 9.90 Å². The molecule has 0 aliphatic heterocycles. The van der Waals surface area contributed by atoms with Crippen LogP contribution in [0.1, 0.15) is 30.6 Å². The topological polar surface area (TPSA) is 80.4 Å². The lowest BCUT2D eigenvalue weighted by molar-refractivity contribution is -0.133. The molecule has 0 amide bonds. The number of carbonyl (C=O) groups is 1. The number of fused-ring (bicyclic) bond motifs is 1. The Hall–Kier alpha value is -1.15. The predicted octanol–water partition coefficient (Wildman–Crippen LogP) is 1.63. The molecule has 0 fully saturated rings. The number of aliphatic carboxylic acids is 1. The molecule has 0 saturated carbocycles. The standard InChI is InChI=1S/C9H12N4O2S2/c1-5(2)8-10-11-9-13(8)12-6(17-9)3-16-4-7(14)15/h5H,3-4H2,1-2H3,(H,14,15). The third-order valence-electron chi connectivity index (χ3n) is 2.02. The fourth-order valence-corrected chi connectivity index (χ4v) is 2.95. The van der Waals surface area contributed by atoms with Crippen molar-refractivity contribution in [2.75, 3.05) is 5.75 Å². The highest BCUT2D eigenvalue weighted by molar-refractivity contribution is 7.99. The summed E-state index contributed by atoms with van der Waals surface area (Å²) in [6.07, 6.45) is 0. The average Bonchev–Trinajstić information content (AvgIpc) is 2.75. The van der Waals surface area contributed by atoms with Crippen LogP contribution in [0.2, 0.25) is 0 Å². The van der Waals surface area contributed by atoms with E-state index in [1.807, 2.05) is 13.8 Å². The van der Waals surface area contributed by atoms with Crippen molar-refractivity contribution >= 4 is 34.0 Å². The van der Waals surface area contributed by atoms with Gasteiger partial charge in [-0.25, -0.2) is 0 Å². The maximum absolute atomic E-state index is 10.4. The van der Waals surface area contributed by atoms with Crippen LogP contribution in [0.5, 0.6) is 0 Å². The maximum atomic E-state index is 10.4. The molecular weight excluding hydrogens is 260 g/mol. The zero-order chi connectivity index (χ0) is 12.4. The molecule has 0 aromatic carbocycles. The van der Waals surface area contributed by atoms with Crippen molar-refractivity contribution in [2.45, 2.75) is 25.5 Å². The Morgan fingerprint density at radius 1 is 1.53 bits per heavy atom. The van der Waals surface area contributed by atoms with Crippen molar-refractivity contribution in [3.63, 3.8) is 0 Å². The summed E-state index contributed by atoms with van der Waals surface area (Å²) in [5, 5.41) is 21.9. The molecule has 17 heavy (non-hydrogen) atoms. The Balaban J connectivity index is 2.12. The van der Waals surface area contributed by atoms with Gasteiger partial charge in [-0.3, -0.25) is 4.79 Å². The molecule has 0 spiro atoms. The van der Waals surface area contributed by atoms with E-state index in [4.69, 9.17) is 5.11 Å². The highest BCUT2D eigenvalue weighted by Crippen LogP contribution is 2.21. The number of nitrogens with zero attached hydrogens (tertiary/aromatic N) is 4. The molecule has 8 heteroatoms. The Morgan fingerprint density at radius 2 is 2.29 bits per heavy atom. The molecule has 2 aromatic heterocycles. The van der Waals surface area contributed by atoms with Crippen LogP contribution in [0.25, 0.3) is 4.96 Å². The van der Waals surface area contributed by atoms with Crippen LogP contribution in [0, 0.1) is 0 Å². The number of carboxylic acid groups (broad SMARTS) is 1. The minimum absolute atomic E-state index is 0.0944. The molecule has 0 aliphatic carbocycles. The van der Waals surface area contributed by atoms with Gasteiger partial charge in [0, 0.05) is 11.7 Å². The van der Waals surface area contributed by atoms with Gasteiger partial charge in [0.25, 0.3) is 0 Å². The summed E-state index contributed by atoms with van der Waals surface area (Å²) in [6, 6.07) is 0. The van der Waals surface area contributed by atoms with Gasteiger partial charge in [-0.15, -0.1) is 22.0 Å². The molecule has 92 valence electrons. The van der Waals surface area contributed by atoms with E-state index in [0.29, 0.717) is 5.75 Å². The fraction of sp³-hybridized carbons (Fsp3) is 0.556. The first-order valence-electron chi connectivity index (χ1n) is 5.08. The highest BCUT2D eigenvalue weighted by Gasteiger charge is 2.14. The van der Waals surface area contributed by atoms with Crippen molar-refractivity contribution in [3.8, 4) is 0 Å². The third kappa shape index (κ3) is 2.75. The first-order valence-corrected chi connectivity index (χ1v) is 7.05. The molecule has 2 heterocycles. The zero-order valence-electron chi connectivity index (χ0n) is 9.45. The quantitative estimate of drug-likeness (QED) is 0.891. The van der Waals surface area contributed by atoms with E-state index >= 15 is 0 Å². The molecule has 1 N–H and O–H groups in total. The van der Waals surface area contributed by atoms with Gasteiger partial charge in [-0.1, -0.05) is 25.2 Å². The number of hydrogen-bond donors (Lipinski definition) is 1. The number of hydrogen-bond acceptors (Lipinski definition) is 6. The molecule has 0 radical (unpaired) electrons. The first kappa shape index (κ1) is 12.3. The second kappa shape index (κ2) is 5.01. The van der Waals surface area contributed by atoms with E-state index in [9.17, 15) is 4.79 Å². The van der Waals surface area contributed by atoms with Crippen LogP contribution in [0.15, 0.2) is 0 Å². The van der Waals surface area contributed by atoms with Gasteiger partial charge >= 0.3 is 5.97 Å². The molecule has 6 nitrogen and oxygen atoms in total. The SMILES string of the molecule is CC(C)c1nnc2sc(CSCC(=O)O)nn12. The van der Waals surface area contributed by atoms with Gasteiger partial charge in [0.15, 0.2) is 5.82 Å². The normalized spacial score (nSPS) is 11.5. The lowest BCUT2D eigenvalue weighted by atomic mass is 10.2. The molecule has 0 aliphatic rings. The van der Waals surface area contributed by atoms with Gasteiger partial charge in [0.2, 0.25) is 4.96 Å². The van der Waals surface area contributed by atoms with Crippen molar-refractivity contribution in [1.82, 2.24) is 19.8 Å². The molecule has 2 rings (SSSR count). The van der Waals surface area contributed by atoms with Gasteiger partial charge in [0.1, 0.15) is 5.01 Å². The van der Waals surface area contributed by atoms with Crippen LogP contribution in [-0.4, -0.2) is 36.6 Å². The highest BCUT2D eigenvalue weighted by atomic mass is 32.2. The summed E-state index contributed by atoms with van der Waals surface area (Å²) in [6.45, 7) is 4.07. The number of rotatable bonds is 5. The van der Waals surface area contributed by atoms with Crippen molar-refractivity contribution in [3.05, 3.63) is 10.8 Å². The maximum Gasteiger partial charge on any atom is 0.313 e. The Kier molecular flexibility index (Phi) is 3.63. The van der Waals surface area contributed by atoms with Crippen LogP contribution in [-0.2, 0) is 10.5 Å². The Bertz CT molecular complexity index is 534. The Morgan fingerprint density at radius 3 is 2.94 bits per heavy atom. The molecular formula is C9H12N4O2S2. The first-order chi connectivity index (χ1) is 8.08. The van der Waals surface area contributed by atoms with Gasteiger partial charge < -0.3 is 5.11 Å². The van der Waals surface area contributed by atoms with Gasteiger partial charge in [0.05, 0.1) is 5.75 Å². The molecule has 2 aromatic rings. The van der Waals surface area contributed by atoms with E-state index in [0.717, 1.165) is 15.8 Å². The predicted molar refractivity (Wildman–Crippen MR) is 66.5 cm³/mol. The lowest BCUT2D eigenvalue weighted by Gasteiger charge is -1.97. The van der Waals surface area contributed by atoms with E-state index in [-0.39, 0.29) is 11.7 Å². The van der Waals surface area contributed by atoms with E-state index < -0.39 is 5.97 Å². The minimum atomic E-state index is -0.805. The minimum Gasteiger partial charge on any atom is -0.481 e. The lowest BCUT2D eigenvalue weighted by Crippen LogP contribution is -2.00. The summed E-state index contributed by atoms with van der Waals surface area (Å²) in [5.74, 6) is 0.993. The van der Waals surface area contributed by atoms with E-state index in [1.54, 1.807) is 4.52 Å². The number of carboxylic acids is 1. The summed E-state index contributed by atoms with van der Waals surface area (Å²) in [7, 11) is 0. The monoisotopic (exact) mass is 272 g/mol. The molecule has 0 atom stereocenters. The fourth-order valence-electron chi connectivity index (χ4n) is 1.32. The second-order valence-corrected chi connectivity index (χ2v) is 5.82. The van der Waals surface area contributed by atoms with E-state index in [1.165, 1.54) is 23.1 Å². The summed E-state index contributed by atoms with van der Waals surface area (Å²) in [4.78, 5) is 11.2. The summed E-state index contributed by atoms with van der Waals surface area (Å²) in [5.41, 5.74) is 0. The Labute approximate surface area is 106 Å². The van der Waals surface area contributed by atoms with Crippen LogP contribution in [0.3, 0.4) is 0 Å². The average molecular weight is 272 g/mol. The third-order valence-corrected chi connectivity index (χ3v) is 4.03. The van der Waals surface area contributed by atoms with E-state index in [2.05, 4.69) is 15.3 Å². The van der Waals surface area contributed by atoms with Gasteiger partial charge in [-0.2, -0.15) is 9.61 Å². The molecule has 0 unspecified atom stereocenters. The smallest absolute Gasteiger partial charge is 0.313 e. The van der Waals surface area contributed by atoms with Crippen LogP contribution >= 0.6 is 23.1 Å². The second-order valence-electron chi connectivity index (χ2n) is 3.79. The largest absolute Gasteiger partial charge is 0.481 e. The molecule has 0 bridgehead atoms. The summed E-state index contributed by atoms with van der Waals surface area (Å²) >= 11 is 2.79. The van der Waals surface area contributed by atoms with Crippen LogP contribution in [0.4, 0.5) is 0 Å². The number of aromatic nitrogens is 4. The zero-order valence-corrected chi connectivity index (χ0v) is 11.1. The summed E-state index contributed by atoms with van der Waals surface area (Å²) < 4.78 is 1.74. The van der Waals surface area contributed by atoms with Crippen molar-refractivity contribution in [1.29, 1.82) is 0 Å². The van der Waals surface area contributed by atoms with Crippen LogP contribution < -0.4 is 0 Å². The van der Waals surface area contributed by atoms with Gasteiger partial charge in [-0.05, 0) is 0 Å². The molecule has 0 saturated heterocycles. The van der Waals surface area contributed by atoms with Crippen molar-refractivity contribution in [2.24, 2.45) is 0 Å².